The molecule has 0 aliphatic rings. The lowest BCUT2D eigenvalue weighted by atomic mass is 10.1. The van der Waals surface area contributed by atoms with Gasteiger partial charge in [0.1, 0.15) is 5.82 Å². The first-order valence-electron chi connectivity index (χ1n) is 5.92. The van der Waals surface area contributed by atoms with Crippen molar-refractivity contribution in [3.63, 3.8) is 0 Å². The fourth-order valence-corrected chi connectivity index (χ4v) is 1.78. The molecule has 0 spiro atoms. The third kappa shape index (κ3) is 2.48. The maximum Gasteiger partial charge on any atom is 0.335 e. The van der Waals surface area contributed by atoms with Crippen LogP contribution >= 0.6 is 0 Å². The van der Waals surface area contributed by atoms with Crippen LogP contribution < -0.4 is 0 Å². The zero-order valence-corrected chi connectivity index (χ0v) is 10.5. The number of benzene rings is 1. The fourth-order valence-electron chi connectivity index (χ4n) is 1.78. The summed E-state index contributed by atoms with van der Waals surface area (Å²) in [6.45, 7) is 0. The Bertz CT molecular complexity index is 816. The van der Waals surface area contributed by atoms with Gasteiger partial charge in [0, 0.05) is 18.0 Å². The number of aromatic carboxylic acids is 1. The van der Waals surface area contributed by atoms with Crippen LogP contribution in [0.4, 0.5) is 4.39 Å². The monoisotopic (exact) mass is 285 g/mol. The number of hydrogen-bond acceptors (Lipinski definition) is 5. The van der Waals surface area contributed by atoms with Gasteiger partial charge in [-0.15, -0.1) is 0 Å². The van der Waals surface area contributed by atoms with E-state index in [9.17, 15) is 9.18 Å². The quantitative estimate of drug-likeness (QED) is 0.795. The molecule has 104 valence electrons. The molecule has 2 heterocycles. The molecular weight excluding hydrogens is 277 g/mol. The Balaban J connectivity index is 2.01. The third-order valence-corrected chi connectivity index (χ3v) is 2.79. The van der Waals surface area contributed by atoms with Gasteiger partial charge >= 0.3 is 5.97 Å². The van der Waals surface area contributed by atoms with Gasteiger partial charge in [0.15, 0.2) is 0 Å². The maximum atomic E-state index is 13.6. The van der Waals surface area contributed by atoms with Gasteiger partial charge in [-0.1, -0.05) is 17.3 Å². The van der Waals surface area contributed by atoms with Crippen molar-refractivity contribution in [2.24, 2.45) is 0 Å². The highest BCUT2D eigenvalue weighted by atomic mass is 19.1. The van der Waals surface area contributed by atoms with Gasteiger partial charge < -0.3 is 9.63 Å². The fraction of sp³-hybridized carbons (Fsp3) is 0. The lowest BCUT2D eigenvalue weighted by molar-refractivity contribution is 0.0697. The van der Waals surface area contributed by atoms with Crippen LogP contribution in [0.1, 0.15) is 10.4 Å². The number of carboxylic acids is 1. The van der Waals surface area contributed by atoms with E-state index in [0.29, 0.717) is 5.56 Å². The van der Waals surface area contributed by atoms with E-state index in [1.807, 2.05) is 0 Å². The van der Waals surface area contributed by atoms with Crippen molar-refractivity contribution in [2.75, 3.05) is 0 Å². The van der Waals surface area contributed by atoms with Gasteiger partial charge in [-0.05, 0) is 18.2 Å². The van der Waals surface area contributed by atoms with Gasteiger partial charge in [-0.25, -0.2) is 9.18 Å². The Morgan fingerprint density at radius 3 is 2.90 bits per heavy atom. The molecule has 6 nitrogen and oxygen atoms in total. The number of nitrogens with zero attached hydrogens (tertiary/aromatic N) is 3. The first-order valence-corrected chi connectivity index (χ1v) is 5.92. The van der Waals surface area contributed by atoms with Crippen LogP contribution in [0.15, 0.2) is 47.2 Å². The van der Waals surface area contributed by atoms with Crippen molar-refractivity contribution in [1.82, 2.24) is 15.1 Å². The number of hydrogen-bond donors (Lipinski definition) is 1. The van der Waals surface area contributed by atoms with E-state index >= 15 is 0 Å². The highest BCUT2D eigenvalue weighted by Crippen LogP contribution is 2.24. The Hall–Kier alpha value is -3.09. The molecule has 0 amide bonds. The maximum absolute atomic E-state index is 13.6. The first kappa shape index (κ1) is 12.9. The molecule has 0 atom stereocenters. The number of halogens is 1. The molecule has 0 saturated carbocycles. The van der Waals surface area contributed by atoms with Crippen LogP contribution in [-0.2, 0) is 0 Å². The molecule has 0 aliphatic carbocycles. The predicted octanol–water partition coefficient (Wildman–Crippen LogP) is 2.64. The molecule has 0 radical (unpaired) electrons. The SMILES string of the molecule is O=C(O)c1cccc(-c2noc(-c3cnccc3F)n2)c1. The topological polar surface area (TPSA) is 89.1 Å². The lowest BCUT2D eigenvalue weighted by Crippen LogP contribution is -1.96. The highest BCUT2D eigenvalue weighted by Gasteiger charge is 2.15. The van der Waals surface area contributed by atoms with E-state index in [1.165, 1.54) is 30.6 Å². The highest BCUT2D eigenvalue weighted by molar-refractivity contribution is 5.89. The standard InChI is InChI=1S/C14H8FN3O3/c15-11-4-5-16-7-10(11)13-17-12(18-21-13)8-2-1-3-9(6-8)14(19)20/h1-7H,(H,19,20). The zero-order valence-electron chi connectivity index (χ0n) is 10.5. The Kier molecular flexibility index (Phi) is 3.15. The summed E-state index contributed by atoms with van der Waals surface area (Å²) < 4.78 is 18.6. The Morgan fingerprint density at radius 2 is 2.14 bits per heavy atom. The van der Waals surface area contributed by atoms with Crippen molar-refractivity contribution >= 4 is 5.97 Å². The van der Waals surface area contributed by atoms with E-state index in [4.69, 9.17) is 9.63 Å². The molecule has 1 aromatic carbocycles. The summed E-state index contributed by atoms with van der Waals surface area (Å²) in [6, 6.07) is 7.26. The minimum Gasteiger partial charge on any atom is -0.478 e. The second-order valence-electron chi connectivity index (χ2n) is 4.16. The second-order valence-corrected chi connectivity index (χ2v) is 4.16. The largest absolute Gasteiger partial charge is 0.478 e. The normalized spacial score (nSPS) is 10.5. The lowest BCUT2D eigenvalue weighted by Gasteiger charge is -1.97. The van der Waals surface area contributed by atoms with Crippen molar-refractivity contribution < 1.29 is 18.8 Å². The molecule has 0 bridgehead atoms. The van der Waals surface area contributed by atoms with Crippen LogP contribution in [0.2, 0.25) is 0 Å². The van der Waals surface area contributed by atoms with Crippen LogP contribution in [0.25, 0.3) is 22.8 Å². The Morgan fingerprint density at radius 1 is 1.29 bits per heavy atom. The van der Waals surface area contributed by atoms with Crippen molar-refractivity contribution in [3.05, 3.63) is 54.1 Å². The van der Waals surface area contributed by atoms with Gasteiger partial charge in [0.25, 0.3) is 5.89 Å². The van der Waals surface area contributed by atoms with Crippen LogP contribution in [0, 0.1) is 5.82 Å². The summed E-state index contributed by atoms with van der Waals surface area (Å²) in [6.07, 6.45) is 2.59. The van der Waals surface area contributed by atoms with Crippen LogP contribution in [-0.4, -0.2) is 26.2 Å². The van der Waals surface area contributed by atoms with E-state index in [0.717, 1.165) is 0 Å². The van der Waals surface area contributed by atoms with Crippen LogP contribution in [0.3, 0.4) is 0 Å². The number of carbonyl (C=O) groups is 1. The number of aromatic nitrogens is 3. The molecule has 0 unspecified atom stereocenters. The minimum atomic E-state index is -1.06. The third-order valence-electron chi connectivity index (χ3n) is 2.79. The van der Waals surface area contributed by atoms with Crippen molar-refractivity contribution in [2.45, 2.75) is 0 Å². The van der Waals surface area contributed by atoms with Crippen LogP contribution in [0.5, 0.6) is 0 Å². The number of pyridine rings is 1. The molecule has 2 aromatic heterocycles. The van der Waals surface area contributed by atoms with Crippen molar-refractivity contribution in [1.29, 1.82) is 0 Å². The second kappa shape index (κ2) is 5.12. The smallest absolute Gasteiger partial charge is 0.335 e. The number of rotatable bonds is 3. The van der Waals surface area contributed by atoms with Gasteiger partial charge in [0.05, 0.1) is 11.1 Å². The summed E-state index contributed by atoms with van der Waals surface area (Å²) in [4.78, 5) is 18.8. The molecule has 21 heavy (non-hydrogen) atoms. The number of carboxylic acid groups (broad SMARTS) is 1. The predicted molar refractivity (Wildman–Crippen MR) is 69.9 cm³/mol. The average Bonchev–Trinajstić information content (AvgIpc) is 2.97. The summed E-state index contributed by atoms with van der Waals surface area (Å²) in [5.41, 5.74) is 0.659. The van der Waals surface area contributed by atoms with Gasteiger partial charge in [0.2, 0.25) is 5.82 Å². The Labute approximate surface area is 117 Å². The van der Waals surface area contributed by atoms with Gasteiger partial charge in [-0.3, -0.25) is 4.98 Å². The molecule has 7 heteroatoms. The molecule has 0 aliphatic heterocycles. The molecule has 1 N–H and O–H groups in total. The summed E-state index contributed by atoms with van der Waals surface area (Å²) in [7, 11) is 0. The minimum absolute atomic E-state index is 0.0173. The zero-order chi connectivity index (χ0) is 14.8. The molecule has 0 fully saturated rings. The molecular formula is C14H8FN3O3. The molecule has 3 aromatic rings. The molecule has 3 rings (SSSR count). The van der Waals surface area contributed by atoms with E-state index in [2.05, 4.69) is 15.1 Å². The summed E-state index contributed by atoms with van der Waals surface area (Å²) >= 11 is 0. The van der Waals surface area contributed by atoms with E-state index in [1.54, 1.807) is 12.1 Å². The average molecular weight is 285 g/mol. The van der Waals surface area contributed by atoms with Gasteiger partial charge in [-0.2, -0.15) is 4.98 Å². The van der Waals surface area contributed by atoms with E-state index < -0.39 is 11.8 Å². The summed E-state index contributed by atoms with van der Waals surface area (Å²) in [5.74, 6) is -1.42. The molecule has 0 saturated heterocycles. The summed E-state index contributed by atoms with van der Waals surface area (Å²) in [5, 5.41) is 12.7. The van der Waals surface area contributed by atoms with E-state index in [-0.39, 0.29) is 22.8 Å². The first-order chi connectivity index (χ1) is 10.1. The van der Waals surface area contributed by atoms with Crippen molar-refractivity contribution in [3.8, 4) is 22.8 Å².